The van der Waals surface area contributed by atoms with Crippen molar-refractivity contribution in [3.8, 4) is 0 Å². The van der Waals surface area contributed by atoms with Gasteiger partial charge in [-0.1, -0.05) is 6.92 Å². The van der Waals surface area contributed by atoms with Crippen LogP contribution in [0.5, 0.6) is 0 Å². The van der Waals surface area contributed by atoms with Crippen molar-refractivity contribution in [3.05, 3.63) is 12.4 Å². The van der Waals surface area contributed by atoms with E-state index in [4.69, 9.17) is 0 Å². The average Bonchev–Trinajstić information content (AvgIpc) is 2.18. The van der Waals surface area contributed by atoms with E-state index >= 15 is 0 Å². The van der Waals surface area contributed by atoms with Crippen molar-refractivity contribution in [2.75, 3.05) is 12.8 Å². The monoisotopic (exact) mass is 144 g/mol. The maximum atomic E-state index is 3.22. The minimum Gasteiger partial charge on any atom is -0.362 e. The Morgan fingerprint density at radius 1 is 1.78 bits per heavy atom. The summed E-state index contributed by atoms with van der Waals surface area (Å²) < 4.78 is 0. The first-order valence-corrected chi connectivity index (χ1v) is 4.15. The summed E-state index contributed by atoms with van der Waals surface area (Å²) in [5, 5.41) is 3.22. The summed E-state index contributed by atoms with van der Waals surface area (Å²) in [6.07, 6.45) is 4.03. The van der Waals surface area contributed by atoms with Crippen molar-refractivity contribution in [3.63, 3.8) is 0 Å². The largest absolute Gasteiger partial charge is 0.362 e. The van der Waals surface area contributed by atoms with Gasteiger partial charge in [-0.2, -0.15) is 0 Å². The van der Waals surface area contributed by atoms with Gasteiger partial charge >= 0.3 is 0 Å². The molecule has 1 rings (SSSR count). The van der Waals surface area contributed by atoms with Crippen LogP contribution in [0.2, 0.25) is 0 Å². The summed E-state index contributed by atoms with van der Waals surface area (Å²) in [5.74, 6) is 1.16. The van der Waals surface area contributed by atoms with Crippen LogP contribution in [0.1, 0.15) is 6.92 Å². The van der Waals surface area contributed by atoms with E-state index in [2.05, 4.69) is 24.2 Å². The summed E-state index contributed by atoms with van der Waals surface area (Å²) in [6, 6.07) is 0. The maximum Gasteiger partial charge on any atom is 0.147 e. The van der Waals surface area contributed by atoms with Gasteiger partial charge in [-0.25, -0.2) is 0 Å². The molecule has 1 atom stereocenters. The van der Waals surface area contributed by atoms with Gasteiger partial charge in [0.2, 0.25) is 0 Å². The van der Waals surface area contributed by atoms with Crippen molar-refractivity contribution in [1.82, 2.24) is 10.2 Å². The van der Waals surface area contributed by atoms with Gasteiger partial charge in [0, 0.05) is 19.4 Å². The fraction of sp³-hybridized carbons (Fsp3) is 0.667. The van der Waals surface area contributed by atoms with E-state index in [1.807, 2.05) is 24.2 Å². The Morgan fingerprint density at radius 3 is 3.00 bits per heavy atom. The van der Waals surface area contributed by atoms with Gasteiger partial charge in [-0.15, -0.1) is 11.8 Å². The lowest BCUT2D eigenvalue weighted by molar-refractivity contribution is 0.437. The van der Waals surface area contributed by atoms with E-state index in [0.717, 1.165) is 5.75 Å². The molecule has 0 spiro atoms. The molecule has 0 aromatic carbocycles. The number of nitrogens with zero attached hydrogens (tertiary/aromatic N) is 1. The fourth-order valence-electron chi connectivity index (χ4n) is 0.762. The number of rotatable bonds is 2. The van der Waals surface area contributed by atoms with Crippen LogP contribution in [0.25, 0.3) is 0 Å². The molecule has 0 saturated heterocycles. The first kappa shape index (κ1) is 6.81. The Balaban J connectivity index is 2.28. The van der Waals surface area contributed by atoms with Crippen LogP contribution in [0.15, 0.2) is 12.4 Å². The fourth-order valence-corrected chi connectivity index (χ4v) is 1.56. The summed E-state index contributed by atoms with van der Waals surface area (Å²) in [6.45, 7) is 2.17. The van der Waals surface area contributed by atoms with Gasteiger partial charge < -0.3 is 10.2 Å². The van der Waals surface area contributed by atoms with Crippen molar-refractivity contribution >= 4 is 11.8 Å². The summed E-state index contributed by atoms with van der Waals surface area (Å²) in [7, 11) is 2.07. The minimum atomic E-state index is 0.468. The summed E-state index contributed by atoms with van der Waals surface area (Å²) in [5.41, 5.74) is 0.468. The molecule has 0 aromatic heterocycles. The molecule has 1 unspecified atom stereocenters. The predicted molar refractivity (Wildman–Crippen MR) is 42.0 cm³/mol. The van der Waals surface area contributed by atoms with Crippen LogP contribution < -0.4 is 5.32 Å². The number of hydrogen-bond acceptors (Lipinski definition) is 3. The van der Waals surface area contributed by atoms with Gasteiger partial charge in [-0.3, -0.25) is 0 Å². The molecule has 0 saturated carbocycles. The second-order valence-electron chi connectivity index (χ2n) is 1.96. The maximum absolute atomic E-state index is 3.22. The Morgan fingerprint density at radius 2 is 2.56 bits per heavy atom. The van der Waals surface area contributed by atoms with Crippen LogP contribution in [-0.2, 0) is 0 Å². The van der Waals surface area contributed by atoms with Gasteiger partial charge in [0.1, 0.15) is 5.50 Å². The first-order valence-electron chi connectivity index (χ1n) is 3.11. The molecule has 1 aliphatic rings. The van der Waals surface area contributed by atoms with E-state index in [0.29, 0.717) is 5.50 Å². The molecule has 9 heavy (non-hydrogen) atoms. The first-order chi connectivity index (χ1) is 4.34. The van der Waals surface area contributed by atoms with Gasteiger partial charge in [0.05, 0.1) is 0 Å². The zero-order valence-electron chi connectivity index (χ0n) is 5.79. The van der Waals surface area contributed by atoms with E-state index < -0.39 is 0 Å². The molecule has 3 heteroatoms. The molecule has 0 fully saturated rings. The summed E-state index contributed by atoms with van der Waals surface area (Å²) >= 11 is 1.90. The highest BCUT2D eigenvalue weighted by Crippen LogP contribution is 2.14. The van der Waals surface area contributed by atoms with Crippen LogP contribution in [0, 0.1) is 0 Å². The molecule has 1 heterocycles. The third-order valence-corrected chi connectivity index (χ3v) is 2.36. The molecular weight excluding hydrogens is 132 g/mol. The van der Waals surface area contributed by atoms with Gasteiger partial charge in [0.15, 0.2) is 0 Å². The predicted octanol–water partition coefficient (Wildman–Crippen LogP) is 1.03. The molecule has 0 amide bonds. The molecule has 0 radical (unpaired) electrons. The second kappa shape index (κ2) is 3.01. The molecular formula is C6H12N2S. The van der Waals surface area contributed by atoms with E-state index in [9.17, 15) is 0 Å². The van der Waals surface area contributed by atoms with Crippen molar-refractivity contribution in [2.45, 2.75) is 12.4 Å². The number of thioether (sulfide) groups is 1. The van der Waals surface area contributed by atoms with Crippen LogP contribution in [-0.4, -0.2) is 23.2 Å². The molecule has 2 nitrogen and oxygen atoms in total. The lowest BCUT2D eigenvalue weighted by atomic mass is 10.9. The van der Waals surface area contributed by atoms with E-state index in [-0.39, 0.29) is 0 Å². The van der Waals surface area contributed by atoms with Crippen molar-refractivity contribution in [2.24, 2.45) is 0 Å². The highest BCUT2D eigenvalue weighted by atomic mass is 32.2. The molecule has 0 bridgehead atoms. The molecule has 0 aliphatic carbocycles. The van der Waals surface area contributed by atoms with E-state index in [1.165, 1.54) is 0 Å². The zero-order valence-corrected chi connectivity index (χ0v) is 6.61. The Bertz CT molecular complexity index is 114. The topological polar surface area (TPSA) is 15.3 Å². The zero-order chi connectivity index (χ0) is 6.69. The normalized spacial score (nSPS) is 24.7. The summed E-state index contributed by atoms with van der Waals surface area (Å²) in [4.78, 5) is 2.16. The van der Waals surface area contributed by atoms with Crippen LogP contribution in [0.4, 0.5) is 0 Å². The number of nitrogens with one attached hydrogen (secondary N) is 1. The third kappa shape index (κ3) is 1.55. The average molecular weight is 144 g/mol. The lowest BCUT2D eigenvalue weighted by Crippen LogP contribution is -2.28. The molecule has 1 N–H and O–H groups in total. The Kier molecular flexibility index (Phi) is 2.28. The number of hydrogen-bond donors (Lipinski definition) is 1. The molecule has 52 valence electrons. The molecule has 1 aliphatic heterocycles. The Hall–Kier alpha value is -0.310. The molecule has 0 aromatic rings. The standard InChI is InChI=1S/C6H12N2S/c1-3-9-6-7-4-5-8(6)2/h4-7H,3H2,1-2H3. The van der Waals surface area contributed by atoms with Crippen LogP contribution in [0.3, 0.4) is 0 Å². The minimum absolute atomic E-state index is 0.468. The smallest absolute Gasteiger partial charge is 0.147 e. The van der Waals surface area contributed by atoms with E-state index in [1.54, 1.807) is 0 Å². The SMILES string of the molecule is CCSC1NC=CN1C. The van der Waals surface area contributed by atoms with Crippen molar-refractivity contribution < 1.29 is 0 Å². The third-order valence-electron chi connectivity index (χ3n) is 1.24. The highest BCUT2D eigenvalue weighted by Gasteiger charge is 2.12. The Labute approximate surface area is 60.3 Å². The van der Waals surface area contributed by atoms with Crippen LogP contribution >= 0.6 is 11.8 Å². The lowest BCUT2D eigenvalue weighted by Gasteiger charge is -2.18. The quantitative estimate of drug-likeness (QED) is 0.623. The highest BCUT2D eigenvalue weighted by molar-refractivity contribution is 7.99. The van der Waals surface area contributed by atoms with Crippen molar-refractivity contribution in [1.29, 1.82) is 0 Å². The van der Waals surface area contributed by atoms with Gasteiger partial charge in [-0.05, 0) is 5.75 Å². The van der Waals surface area contributed by atoms with Gasteiger partial charge in [0.25, 0.3) is 0 Å². The second-order valence-corrected chi connectivity index (χ2v) is 3.31.